The zero-order chi connectivity index (χ0) is 3.41. The minimum absolute atomic E-state index is 0. The van der Waals surface area contributed by atoms with Crippen LogP contribution in [0.5, 0.6) is 0 Å². The van der Waals surface area contributed by atoms with E-state index in [1.807, 2.05) is 0 Å². The summed E-state index contributed by atoms with van der Waals surface area (Å²) in [7, 11) is 0. The molecule has 0 unspecified atom stereocenters. The van der Waals surface area contributed by atoms with Crippen LogP contribution < -0.4 is 18.9 Å². The Kier molecular flexibility index (Phi) is 16.2. The molecule has 0 atom stereocenters. The van der Waals surface area contributed by atoms with Crippen LogP contribution in [0.2, 0.25) is 0 Å². The van der Waals surface area contributed by atoms with E-state index in [0.29, 0.717) is 0 Å². The molecule has 0 aromatic carbocycles. The first kappa shape index (κ1) is 9.19. The van der Waals surface area contributed by atoms with Crippen molar-refractivity contribution in [1.29, 1.82) is 0 Å². The number of rotatable bonds is 1. The second kappa shape index (κ2) is 8.82. The number of thiol groups is 1. The monoisotopic (exact) mass is 82.0 g/mol. The fourth-order valence-electron chi connectivity index (χ4n) is 0. The number of hydrogen-bond acceptors (Lipinski definition) is 1. The van der Waals surface area contributed by atoms with Gasteiger partial charge in [-0.05, 0) is 0 Å². The Bertz CT molecular complexity index is 24.8. The minimum atomic E-state index is 0. The molecule has 0 aliphatic rings. The normalized spacial score (nSPS) is 5.00. The van der Waals surface area contributed by atoms with Crippen LogP contribution in [0.15, 0.2) is 12.7 Å². The quantitative estimate of drug-likeness (QED) is 0.216. The molecule has 0 radical (unpaired) electrons. The molecular formula is C3H7LiS. The molecule has 0 fully saturated rings. The van der Waals surface area contributed by atoms with Gasteiger partial charge in [-0.2, -0.15) is 12.6 Å². The van der Waals surface area contributed by atoms with E-state index in [-0.39, 0.29) is 20.3 Å². The molecule has 5 heavy (non-hydrogen) atoms. The Labute approximate surface area is 51.7 Å². The first-order valence-electron chi connectivity index (χ1n) is 1.13. The topological polar surface area (TPSA) is 0 Å². The molecule has 0 nitrogen and oxygen atoms in total. The third-order valence-corrected chi connectivity index (χ3v) is 0.387. The average Bonchev–Trinajstić information content (AvgIpc) is 1.37. The van der Waals surface area contributed by atoms with Crippen LogP contribution in [0.1, 0.15) is 1.43 Å². The summed E-state index contributed by atoms with van der Waals surface area (Å²) in [5.41, 5.74) is 0. The molecule has 26 valence electrons. The molecule has 0 aromatic rings. The molecule has 2 heteroatoms. The Morgan fingerprint density at radius 2 is 2.20 bits per heavy atom. The van der Waals surface area contributed by atoms with Gasteiger partial charge in [0.05, 0.1) is 0 Å². The van der Waals surface area contributed by atoms with Crippen LogP contribution in [-0.4, -0.2) is 5.75 Å². The van der Waals surface area contributed by atoms with E-state index in [2.05, 4.69) is 19.2 Å². The second-order valence-electron chi connectivity index (χ2n) is 0.471. The van der Waals surface area contributed by atoms with E-state index in [1.165, 1.54) is 0 Å². The van der Waals surface area contributed by atoms with Crippen molar-refractivity contribution in [2.75, 3.05) is 5.75 Å². The molecule has 0 N–H and O–H groups in total. The van der Waals surface area contributed by atoms with Gasteiger partial charge in [0.2, 0.25) is 0 Å². The predicted octanol–water partition coefficient (Wildman–Crippen LogP) is -1.78. The van der Waals surface area contributed by atoms with E-state index < -0.39 is 0 Å². The van der Waals surface area contributed by atoms with Gasteiger partial charge in [0.25, 0.3) is 0 Å². The first-order valence-corrected chi connectivity index (χ1v) is 1.77. The Morgan fingerprint density at radius 1 is 2.00 bits per heavy atom. The summed E-state index contributed by atoms with van der Waals surface area (Å²) in [5.74, 6) is 0.778. The average molecular weight is 82.1 g/mol. The molecular weight excluding hydrogens is 75.0 g/mol. The summed E-state index contributed by atoms with van der Waals surface area (Å²) in [5, 5.41) is 0. The van der Waals surface area contributed by atoms with E-state index in [9.17, 15) is 0 Å². The van der Waals surface area contributed by atoms with Crippen molar-refractivity contribution in [2.24, 2.45) is 0 Å². The third kappa shape index (κ3) is 11.9. The Balaban J connectivity index is -0.0000000450. The predicted molar refractivity (Wildman–Crippen MR) is 25.2 cm³/mol. The van der Waals surface area contributed by atoms with Gasteiger partial charge < -0.3 is 1.43 Å². The zero-order valence-electron chi connectivity index (χ0n) is 4.44. The third-order valence-electron chi connectivity index (χ3n) is 0.129. The summed E-state index contributed by atoms with van der Waals surface area (Å²) >= 11 is 3.80. The summed E-state index contributed by atoms with van der Waals surface area (Å²) in [6.45, 7) is 3.40. The maximum atomic E-state index is 3.80. The summed E-state index contributed by atoms with van der Waals surface area (Å²) in [6.07, 6.45) is 1.74. The second-order valence-corrected chi connectivity index (χ2v) is 0.836. The molecule has 0 rings (SSSR count). The van der Waals surface area contributed by atoms with E-state index >= 15 is 0 Å². The summed E-state index contributed by atoms with van der Waals surface area (Å²) < 4.78 is 0. The molecule has 0 aromatic heterocycles. The summed E-state index contributed by atoms with van der Waals surface area (Å²) in [4.78, 5) is 0. The molecule has 0 spiro atoms. The SMILES string of the molecule is C=CCS.[H-].[Li+]. The summed E-state index contributed by atoms with van der Waals surface area (Å²) in [6, 6.07) is 0. The van der Waals surface area contributed by atoms with Crippen LogP contribution in [-0.2, 0) is 0 Å². The van der Waals surface area contributed by atoms with Gasteiger partial charge >= 0.3 is 18.9 Å². The van der Waals surface area contributed by atoms with Crippen LogP contribution in [0.25, 0.3) is 0 Å². The molecule has 0 bridgehead atoms. The van der Waals surface area contributed by atoms with Crippen LogP contribution in [0.4, 0.5) is 0 Å². The van der Waals surface area contributed by atoms with Gasteiger partial charge in [-0.3, -0.25) is 0 Å². The van der Waals surface area contributed by atoms with E-state index in [1.54, 1.807) is 6.08 Å². The van der Waals surface area contributed by atoms with Crippen molar-refractivity contribution in [3.63, 3.8) is 0 Å². The molecule has 0 aliphatic heterocycles. The zero-order valence-corrected chi connectivity index (χ0v) is 4.33. The fourth-order valence-corrected chi connectivity index (χ4v) is 0. The van der Waals surface area contributed by atoms with E-state index in [4.69, 9.17) is 0 Å². The molecule has 0 saturated carbocycles. The van der Waals surface area contributed by atoms with Crippen LogP contribution >= 0.6 is 12.6 Å². The Morgan fingerprint density at radius 3 is 2.20 bits per heavy atom. The fraction of sp³-hybridized carbons (Fsp3) is 0.333. The van der Waals surface area contributed by atoms with Crippen LogP contribution in [0.3, 0.4) is 0 Å². The van der Waals surface area contributed by atoms with Crippen molar-refractivity contribution in [3.05, 3.63) is 12.7 Å². The van der Waals surface area contributed by atoms with Gasteiger partial charge in [-0.15, -0.1) is 6.58 Å². The van der Waals surface area contributed by atoms with Crippen molar-refractivity contribution in [1.82, 2.24) is 0 Å². The van der Waals surface area contributed by atoms with Crippen molar-refractivity contribution < 1.29 is 20.3 Å². The molecule has 0 aliphatic carbocycles. The van der Waals surface area contributed by atoms with Gasteiger partial charge in [0.1, 0.15) is 0 Å². The largest absolute Gasteiger partial charge is 1.00 e. The van der Waals surface area contributed by atoms with Gasteiger partial charge in [0.15, 0.2) is 0 Å². The maximum Gasteiger partial charge on any atom is 1.00 e. The molecule has 0 amide bonds. The first-order chi connectivity index (χ1) is 1.91. The van der Waals surface area contributed by atoms with Gasteiger partial charge in [0, 0.05) is 5.75 Å². The van der Waals surface area contributed by atoms with Crippen LogP contribution in [0, 0.1) is 0 Å². The minimum Gasteiger partial charge on any atom is -1.00 e. The van der Waals surface area contributed by atoms with Gasteiger partial charge in [-0.25, -0.2) is 0 Å². The number of hydrogen-bond donors (Lipinski definition) is 1. The Hall–Kier alpha value is 0.687. The maximum absolute atomic E-state index is 3.80. The molecule has 0 saturated heterocycles. The van der Waals surface area contributed by atoms with E-state index in [0.717, 1.165) is 5.75 Å². The smallest absolute Gasteiger partial charge is 1.00 e. The van der Waals surface area contributed by atoms with Gasteiger partial charge in [-0.1, -0.05) is 6.08 Å². The standard InChI is InChI=1S/C3H6S.Li.H/c1-2-3-4;;/h2,4H,1,3H2;;/q;+1;-1. The van der Waals surface area contributed by atoms with Crippen molar-refractivity contribution >= 4 is 12.6 Å². The molecule has 0 heterocycles. The van der Waals surface area contributed by atoms with Crippen molar-refractivity contribution in [2.45, 2.75) is 0 Å². The van der Waals surface area contributed by atoms with Crippen molar-refractivity contribution in [3.8, 4) is 0 Å².